The van der Waals surface area contributed by atoms with E-state index in [0.29, 0.717) is 30.8 Å². The van der Waals surface area contributed by atoms with Crippen LogP contribution in [0.2, 0.25) is 0 Å². The Morgan fingerprint density at radius 2 is 1.57 bits per heavy atom. The third kappa shape index (κ3) is 3.68. The predicted octanol–water partition coefficient (Wildman–Crippen LogP) is 5.47. The maximum Gasteiger partial charge on any atom is 0.410 e. The molecule has 1 amide bonds. The molecular weight excluding hydrogens is 440 g/mol. The Morgan fingerprint density at radius 3 is 2.20 bits per heavy atom. The first kappa shape index (κ1) is 21.8. The number of rotatable bonds is 5. The lowest BCUT2D eigenvalue weighted by atomic mass is 9.85. The number of nitrogens with zero attached hydrogens (tertiary/aromatic N) is 2. The number of ether oxygens (including phenoxy) is 2. The quantitative estimate of drug-likeness (QED) is 0.465. The highest BCUT2D eigenvalue weighted by Crippen LogP contribution is 2.45. The van der Waals surface area contributed by atoms with Crippen molar-refractivity contribution in [3.63, 3.8) is 0 Å². The molecule has 0 radical (unpaired) electrons. The first-order valence-electron chi connectivity index (χ1n) is 12.3. The number of carbonyl (C=O) groups excluding carboxylic acids is 2. The lowest BCUT2D eigenvalue weighted by molar-refractivity contribution is 0.0504. The zero-order chi connectivity index (χ0) is 23.9. The summed E-state index contributed by atoms with van der Waals surface area (Å²) in [6.07, 6.45) is 6.06. The van der Waals surface area contributed by atoms with E-state index in [4.69, 9.17) is 9.47 Å². The average molecular weight is 469 g/mol. The van der Waals surface area contributed by atoms with Gasteiger partial charge in [-0.25, -0.2) is 4.79 Å². The third-order valence-electron chi connectivity index (χ3n) is 7.92. The summed E-state index contributed by atoms with van der Waals surface area (Å²) >= 11 is 0. The van der Waals surface area contributed by atoms with Crippen LogP contribution in [-0.2, 0) is 4.74 Å². The molecule has 178 valence electrons. The van der Waals surface area contributed by atoms with Crippen molar-refractivity contribution in [3.8, 4) is 16.9 Å². The number of Topliss-reactive ketones (excluding diaryl/α,β-unsaturated/α-hetero) is 1. The van der Waals surface area contributed by atoms with Gasteiger partial charge in [0, 0.05) is 36.3 Å². The van der Waals surface area contributed by atoms with E-state index in [0.717, 1.165) is 12.8 Å². The number of aromatic nitrogens is 1. The molecule has 3 aromatic rings. The number of amides is 1. The fourth-order valence-corrected chi connectivity index (χ4v) is 6.32. The summed E-state index contributed by atoms with van der Waals surface area (Å²) in [4.78, 5) is 32.5. The van der Waals surface area contributed by atoms with Gasteiger partial charge in [-0.2, -0.15) is 0 Å². The molecule has 2 unspecified atom stereocenters. The molecule has 0 saturated carbocycles. The van der Waals surface area contributed by atoms with Gasteiger partial charge in [-0.05, 0) is 54.0 Å². The van der Waals surface area contributed by atoms with E-state index in [1.165, 1.54) is 22.3 Å². The SMILES string of the molecule is COc1ccncc1C(=O)C1CC2CCC(C1)N2C(=O)OCC1c2ccccc2-c2ccccc21. The van der Waals surface area contributed by atoms with Gasteiger partial charge in [-0.1, -0.05) is 48.5 Å². The van der Waals surface area contributed by atoms with Gasteiger partial charge >= 0.3 is 6.09 Å². The first-order valence-corrected chi connectivity index (χ1v) is 12.3. The van der Waals surface area contributed by atoms with Gasteiger partial charge < -0.3 is 14.4 Å². The number of hydrogen-bond acceptors (Lipinski definition) is 5. The van der Waals surface area contributed by atoms with E-state index in [9.17, 15) is 9.59 Å². The van der Waals surface area contributed by atoms with Gasteiger partial charge in [0.1, 0.15) is 12.4 Å². The Hall–Kier alpha value is -3.67. The number of piperidine rings is 1. The molecule has 0 N–H and O–H groups in total. The number of carbonyl (C=O) groups is 2. The number of pyridine rings is 1. The largest absolute Gasteiger partial charge is 0.496 e. The summed E-state index contributed by atoms with van der Waals surface area (Å²) in [7, 11) is 1.57. The van der Waals surface area contributed by atoms with Crippen molar-refractivity contribution in [2.24, 2.45) is 5.92 Å². The van der Waals surface area contributed by atoms with Crippen LogP contribution in [0.5, 0.6) is 5.75 Å². The van der Waals surface area contributed by atoms with Crippen LogP contribution in [0.1, 0.15) is 53.1 Å². The molecule has 6 rings (SSSR count). The van der Waals surface area contributed by atoms with E-state index >= 15 is 0 Å². The zero-order valence-electron chi connectivity index (χ0n) is 19.7. The number of hydrogen-bond donors (Lipinski definition) is 0. The number of benzene rings is 2. The van der Waals surface area contributed by atoms with Gasteiger partial charge in [0.25, 0.3) is 0 Å². The number of fused-ring (bicyclic) bond motifs is 5. The monoisotopic (exact) mass is 468 g/mol. The number of ketones is 1. The summed E-state index contributed by atoms with van der Waals surface area (Å²) in [6.45, 7) is 0.318. The minimum absolute atomic E-state index is 0.0287. The minimum Gasteiger partial charge on any atom is -0.496 e. The Morgan fingerprint density at radius 1 is 0.943 bits per heavy atom. The second-order valence-electron chi connectivity index (χ2n) is 9.70. The Balaban J connectivity index is 1.15. The van der Waals surface area contributed by atoms with Gasteiger partial charge in [-0.15, -0.1) is 0 Å². The molecule has 1 aliphatic carbocycles. The van der Waals surface area contributed by atoms with Crippen molar-refractivity contribution >= 4 is 11.9 Å². The third-order valence-corrected chi connectivity index (χ3v) is 7.92. The smallest absolute Gasteiger partial charge is 0.410 e. The second kappa shape index (κ2) is 8.84. The molecule has 35 heavy (non-hydrogen) atoms. The summed E-state index contributed by atoms with van der Waals surface area (Å²) in [5, 5.41) is 0. The minimum atomic E-state index is -0.260. The Labute approximate surface area is 204 Å². The molecule has 2 aliphatic heterocycles. The fraction of sp³-hybridized carbons (Fsp3) is 0.345. The van der Waals surface area contributed by atoms with Crippen LogP contribution in [0.25, 0.3) is 11.1 Å². The van der Waals surface area contributed by atoms with Crippen molar-refractivity contribution in [3.05, 3.63) is 83.7 Å². The van der Waals surface area contributed by atoms with Crippen LogP contribution >= 0.6 is 0 Å². The highest BCUT2D eigenvalue weighted by molar-refractivity contribution is 6.00. The van der Waals surface area contributed by atoms with Crippen LogP contribution in [0, 0.1) is 5.92 Å². The standard InChI is InChI=1S/C29H28N2O4/c1-34-27-12-13-30-16-25(27)28(32)18-14-19-10-11-20(15-18)31(19)29(33)35-17-26-23-8-4-2-6-21(23)22-7-3-5-9-24(22)26/h2-9,12-13,16,18-20,26H,10-11,14-15,17H2,1H3. The highest BCUT2D eigenvalue weighted by atomic mass is 16.6. The van der Waals surface area contributed by atoms with Crippen molar-refractivity contribution in [1.82, 2.24) is 9.88 Å². The maximum atomic E-state index is 13.3. The van der Waals surface area contributed by atoms with Crippen LogP contribution in [0.15, 0.2) is 67.0 Å². The molecule has 1 aromatic heterocycles. The summed E-state index contributed by atoms with van der Waals surface area (Å²) in [5.74, 6) is 0.514. The Kier molecular flexibility index (Phi) is 5.51. The van der Waals surface area contributed by atoms with E-state index in [1.807, 2.05) is 29.2 Å². The van der Waals surface area contributed by atoms with Crippen LogP contribution in [0.4, 0.5) is 4.79 Å². The molecule has 0 spiro atoms. The molecule has 2 fully saturated rings. The van der Waals surface area contributed by atoms with Gasteiger partial charge in [-0.3, -0.25) is 9.78 Å². The van der Waals surface area contributed by atoms with Crippen molar-refractivity contribution in [2.75, 3.05) is 13.7 Å². The molecule has 2 aromatic carbocycles. The van der Waals surface area contributed by atoms with E-state index < -0.39 is 0 Å². The first-order chi connectivity index (χ1) is 17.2. The topological polar surface area (TPSA) is 68.7 Å². The molecule has 2 bridgehead atoms. The normalized spacial score (nSPS) is 22.4. The Bertz CT molecular complexity index is 1230. The molecular formula is C29H28N2O4. The zero-order valence-corrected chi connectivity index (χ0v) is 19.7. The summed E-state index contributed by atoms with van der Waals surface area (Å²) in [6, 6.07) is 18.5. The van der Waals surface area contributed by atoms with Crippen LogP contribution in [0.3, 0.4) is 0 Å². The predicted molar refractivity (Wildman–Crippen MR) is 132 cm³/mol. The summed E-state index contributed by atoms with van der Waals surface area (Å²) < 4.78 is 11.3. The molecule has 6 nitrogen and oxygen atoms in total. The molecule has 3 heterocycles. The molecule has 6 heteroatoms. The maximum absolute atomic E-state index is 13.3. The highest BCUT2D eigenvalue weighted by Gasteiger charge is 2.46. The fourth-order valence-electron chi connectivity index (χ4n) is 6.32. The molecule has 2 atom stereocenters. The molecule has 2 saturated heterocycles. The number of methoxy groups -OCH3 is 1. The van der Waals surface area contributed by atoms with E-state index in [1.54, 1.807) is 25.6 Å². The van der Waals surface area contributed by atoms with Gasteiger partial charge in [0.15, 0.2) is 5.78 Å². The van der Waals surface area contributed by atoms with Crippen molar-refractivity contribution in [2.45, 2.75) is 43.7 Å². The van der Waals surface area contributed by atoms with Crippen LogP contribution in [-0.4, -0.2) is 47.6 Å². The van der Waals surface area contributed by atoms with Crippen molar-refractivity contribution < 1.29 is 19.1 Å². The van der Waals surface area contributed by atoms with Crippen molar-refractivity contribution in [1.29, 1.82) is 0 Å². The van der Waals surface area contributed by atoms with E-state index in [2.05, 4.69) is 29.2 Å². The average Bonchev–Trinajstić information content (AvgIpc) is 3.37. The van der Waals surface area contributed by atoms with Gasteiger partial charge in [0.2, 0.25) is 0 Å². The van der Waals surface area contributed by atoms with Crippen LogP contribution < -0.4 is 4.74 Å². The molecule has 3 aliphatic rings. The lowest BCUT2D eigenvalue weighted by Crippen LogP contribution is -2.48. The lowest BCUT2D eigenvalue weighted by Gasteiger charge is -2.37. The summed E-state index contributed by atoms with van der Waals surface area (Å²) in [5.41, 5.74) is 5.37. The van der Waals surface area contributed by atoms with Gasteiger partial charge in [0.05, 0.1) is 12.7 Å². The second-order valence-corrected chi connectivity index (χ2v) is 9.70. The van der Waals surface area contributed by atoms with E-state index in [-0.39, 0.29) is 35.8 Å².